The number of aromatic nitrogens is 2. The molecule has 2 aromatic carbocycles. The zero-order valence-corrected chi connectivity index (χ0v) is 16.3. The lowest BCUT2D eigenvalue weighted by Crippen LogP contribution is -2.35. The summed E-state index contributed by atoms with van der Waals surface area (Å²) in [6, 6.07) is 6.21. The summed E-state index contributed by atoms with van der Waals surface area (Å²) in [5, 5.41) is 14.2. The molecule has 28 heavy (non-hydrogen) atoms. The summed E-state index contributed by atoms with van der Waals surface area (Å²) in [6.07, 6.45) is 4.64. The van der Waals surface area contributed by atoms with Gasteiger partial charge in [-0.1, -0.05) is 23.2 Å². The van der Waals surface area contributed by atoms with Crippen molar-refractivity contribution < 1.29 is 14.7 Å². The molecular weight excluding hydrogens is 403 g/mol. The van der Waals surface area contributed by atoms with Gasteiger partial charge in [0.05, 0.1) is 17.1 Å². The van der Waals surface area contributed by atoms with E-state index in [2.05, 4.69) is 15.3 Å². The van der Waals surface area contributed by atoms with E-state index in [-0.39, 0.29) is 18.0 Å². The van der Waals surface area contributed by atoms with Gasteiger partial charge in [0, 0.05) is 47.6 Å². The number of fused-ring (bicyclic) bond motifs is 1. The maximum absolute atomic E-state index is 12.3. The van der Waals surface area contributed by atoms with Crippen LogP contribution < -0.4 is 10.2 Å². The summed E-state index contributed by atoms with van der Waals surface area (Å²) in [6.45, 7) is 0.296. The fourth-order valence-corrected chi connectivity index (χ4v) is 3.42. The highest BCUT2D eigenvalue weighted by molar-refractivity contribution is 6.39. The number of nitrogens with one attached hydrogen (secondary N) is 1. The van der Waals surface area contributed by atoms with Crippen LogP contribution in [0.2, 0.25) is 10.0 Å². The van der Waals surface area contributed by atoms with E-state index in [1.165, 1.54) is 18.5 Å². The molecule has 7 nitrogen and oxygen atoms in total. The second-order valence-electron chi connectivity index (χ2n) is 6.17. The Kier molecular flexibility index (Phi) is 5.96. The molecule has 0 aliphatic carbocycles. The Bertz CT molecular complexity index is 1040. The van der Waals surface area contributed by atoms with Crippen LogP contribution in [0, 0.1) is 0 Å². The SMILES string of the molecule is CN(CC(=O)NCc1cncnc1)c1cc(C(=O)O)cc2cc(Cl)cc(Cl)c12. The fraction of sp³-hybridized carbons (Fsp3) is 0.158. The van der Waals surface area contributed by atoms with Gasteiger partial charge in [0.15, 0.2) is 0 Å². The number of likely N-dealkylation sites (N-methyl/N-ethyl adjacent to an activating group) is 1. The third-order valence-corrected chi connectivity index (χ3v) is 4.60. The van der Waals surface area contributed by atoms with Gasteiger partial charge >= 0.3 is 5.97 Å². The minimum Gasteiger partial charge on any atom is -0.478 e. The zero-order chi connectivity index (χ0) is 20.3. The van der Waals surface area contributed by atoms with E-state index in [1.807, 2.05) is 0 Å². The highest BCUT2D eigenvalue weighted by atomic mass is 35.5. The number of carboxylic acids is 1. The molecule has 0 radical (unpaired) electrons. The number of hydrogen-bond acceptors (Lipinski definition) is 5. The first-order valence-electron chi connectivity index (χ1n) is 8.23. The Morgan fingerprint density at radius 1 is 1.14 bits per heavy atom. The number of anilines is 1. The van der Waals surface area contributed by atoms with Crippen LogP contribution in [0.3, 0.4) is 0 Å². The number of nitrogens with zero attached hydrogens (tertiary/aromatic N) is 3. The van der Waals surface area contributed by atoms with Crippen molar-refractivity contribution in [2.24, 2.45) is 0 Å². The first kappa shape index (κ1) is 19.9. The Labute approximate surface area is 170 Å². The zero-order valence-electron chi connectivity index (χ0n) is 14.8. The highest BCUT2D eigenvalue weighted by Gasteiger charge is 2.17. The van der Waals surface area contributed by atoms with Crippen LogP contribution in [0.4, 0.5) is 5.69 Å². The van der Waals surface area contributed by atoms with Crippen molar-refractivity contribution in [2.45, 2.75) is 6.54 Å². The number of carbonyl (C=O) groups is 2. The van der Waals surface area contributed by atoms with E-state index in [0.717, 1.165) is 5.56 Å². The van der Waals surface area contributed by atoms with E-state index in [9.17, 15) is 14.7 Å². The Balaban J connectivity index is 1.86. The van der Waals surface area contributed by atoms with Crippen molar-refractivity contribution in [1.29, 1.82) is 0 Å². The van der Waals surface area contributed by atoms with Crippen molar-refractivity contribution in [1.82, 2.24) is 15.3 Å². The minimum atomic E-state index is -1.08. The third kappa shape index (κ3) is 4.49. The molecule has 3 aromatic rings. The van der Waals surface area contributed by atoms with Crippen molar-refractivity contribution in [2.75, 3.05) is 18.5 Å². The third-order valence-electron chi connectivity index (χ3n) is 4.09. The lowest BCUT2D eigenvalue weighted by molar-refractivity contribution is -0.119. The minimum absolute atomic E-state index is 0.00478. The molecule has 0 aliphatic heterocycles. The van der Waals surface area contributed by atoms with Gasteiger partial charge in [0.2, 0.25) is 5.91 Å². The topological polar surface area (TPSA) is 95.4 Å². The van der Waals surface area contributed by atoms with Crippen molar-refractivity contribution in [3.8, 4) is 0 Å². The number of amides is 1. The maximum Gasteiger partial charge on any atom is 0.335 e. The van der Waals surface area contributed by atoms with Gasteiger partial charge in [-0.25, -0.2) is 14.8 Å². The molecule has 0 atom stereocenters. The van der Waals surface area contributed by atoms with E-state index in [1.54, 1.807) is 36.5 Å². The van der Waals surface area contributed by atoms with Gasteiger partial charge in [0.25, 0.3) is 0 Å². The molecule has 0 saturated heterocycles. The summed E-state index contributed by atoms with van der Waals surface area (Å²) in [7, 11) is 1.69. The van der Waals surface area contributed by atoms with Gasteiger partial charge in [0.1, 0.15) is 6.33 Å². The number of hydrogen-bond donors (Lipinski definition) is 2. The van der Waals surface area contributed by atoms with Crippen LogP contribution >= 0.6 is 23.2 Å². The Morgan fingerprint density at radius 2 is 1.86 bits per heavy atom. The molecule has 0 saturated carbocycles. The van der Waals surface area contributed by atoms with Crippen LogP contribution in [-0.4, -0.2) is 40.5 Å². The molecule has 2 N–H and O–H groups in total. The predicted octanol–water partition coefficient (Wildman–Crippen LogP) is 3.39. The molecule has 0 fully saturated rings. The lowest BCUT2D eigenvalue weighted by atomic mass is 10.0. The monoisotopic (exact) mass is 418 g/mol. The molecule has 0 aliphatic rings. The van der Waals surface area contributed by atoms with Crippen LogP contribution in [0.1, 0.15) is 15.9 Å². The standard InChI is InChI=1S/C19H16Cl2N4O3/c1-25(9-17(26)24-8-11-6-22-10-23-7-11)16-4-13(19(27)28)2-12-3-14(20)5-15(21)18(12)16/h2-7,10H,8-9H2,1H3,(H,24,26)(H,27,28). The summed E-state index contributed by atoms with van der Waals surface area (Å²) < 4.78 is 0. The maximum atomic E-state index is 12.3. The van der Waals surface area contributed by atoms with Crippen LogP contribution in [0.15, 0.2) is 43.0 Å². The second-order valence-corrected chi connectivity index (χ2v) is 7.01. The second kappa shape index (κ2) is 8.41. The summed E-state index contributed by atoms with van der Waals surface area (Å²) in [5.41, 5.74) is 1.37. The van der Waals surface area contributed by atoms with Crippen molar-refractivity contribution in [3.05, 3.63) is 64.2 Å². The molecule has 1 amide bonds. The summed E-state index contributed by atoms with van der Waals surface area (Å²) >= 11 is 12.4. The molecule has 1 heterocycles. The quantitative estimate of drug-likeness (QED) is 0.636. The summed E-state index contributed by atoms with van der Waals surface area (Å²) in [5.74, 6) is -1.33. The van der Waals surface area contributed by atoms with E-state index in [0.29, 0.717) is 33.0 Å². The number of benzene rings is 2. The van der Waals surface area contributed by atoms with E-state index < -0.39 is 5.97 Å². The van der Waals surface area contributed by atoms with E-state index in [4.69, 9.17) is 23.2 Å². The van der Waals surface area contributed by atoms with Crippen LogP contribution in [0.25, 0.3) is 10.8 Å². The number of carboxylic acid groups (broad SMARTS) is 1. The lowest BCUT2D eigenvalue weighted by Gasteiger charge is -2.22. The largest absolute Gasteiger partial charge is 0.478 e. The molecular formula is C19H16Cl2N4O3. The highest BCUT2D eigenvalue weighted by Crippen LogP contribution is 2.36. The van der Waals surface area contributed by atoms with Crippen LogP contribution in [0.5, 0.6) is 0 Å². The first-order valence-corrected chi connectivity index (χ1v) is 8.98. The Morgan fingerprint density at radius 3 is 2.54 bits per heavy atom. The van der Waals surface area contributed by atoms with Crippen molar-refractivity contribution >= 4 is 51.5 Å². The normalized spacial score (nSPS) is 10.7. The first-order chi connectivity index (χ1) is 13.3. The fourth-order valence-electron chi connectivity index (χ4n) is 2.81. The molecule has 144 valence electrons. The molecule has 3 rings (SSSR count). The number of carbonyl (C=O) groups excluding carboxylic acids is 1. The smallest absolute Gasteiger partial charge is 0.335 e. The molecule has 0 unspecified atom stereocenters. The van der Waals surface area contributed by atoms with Crippen LogP contribution in [-0.2, 0) is 11.3 Å². The molecule has 9 heteroatoms. The Hall–Kier alpha value is -2.90. The molecule has 0 spiro atoms. The van der Waals surface area contributed by atoms with Gasteiger partial charge in [-0.2, -0.15) is 0 Å². The van der Waals surface area contributed by atoms with Gasteiger partial charge in [-0.05, 0) is 29.7 Å². The van der Waals surface area contributed by atoms with Gasteiger partial charge < -0.3 is 15.3 Å². The summed E-state index contributed by atoms with van der Waals surface area (Å²) in [4.78, 5) is 33.3. The average Bonchev–Trinajstić information content (AvgIpc) is 2.65. The number of rotatable bonds is 6. The van der Waals surface area contributed by atoms with E-state index >= 15 is 0 Å². The van der Waals surface area contributed by atoms with Crippen molar-refractivity contribution in [3.63, 3.8) is 0 Å². The number of halogens is 2. The average molecular weight is 419 g/mol. The van der Waals surface area contributed by atoms with Gasteiger partial charge in [-0.15, -0.1) is 0 Å². The molecule has 0 bridgehead atoms. The predicted molar refractivity (Wildman–Crippen MR) is 108 cm³/mol. The molecule has 1 aromatic heterocycles. The van der Waals surface area contributed by atoms with Gasteiger partial charge in [-0.3, -0.25) is 4.79 Å². The number of aromatic carboxylic acids is 1.